The number of hydrogen-bond acceptors (Lipinski definition) is 5. The lowest BCUT2D eigenvalue weighted by Crippen LogP contribution is -2.70. The fourth-order valence-electron chi connectivity index (χ4n) is 3.45. The number of amides is 1. The highest BCUT2D eigenvalue weighted by atomic mass is 32.2. The van der Waals surface area contributed by atoms with Crippen LogP contribution in [0.4, 0.5) is 0 Å². The number of thioether (sulfide) groups is 1. The summed E-state index contributed by atoms with van der Waals surface area (Å²) in [6, 6.07) is 0. The predicted molar refractivity (Wildman–Crippen MR) is 105 cm³/mol. The Bertz CT molecular complexity index is 669. The Morgan fingerprint density at radius 3 is 2.50 bits per heavy atom. The Morgan fingerprint density at radius 2 is 2.08 bits per heavy atom. The maximum absolute atomic E-state index is 12.9. The van der Waals surface area contributed by atoms with Crippen LogP contribution < -0.4 is 0 Å². The third-order valence-electron chi connectivity index (χ3n) is 5.68. The number of carboxylic acids is 1. The van der Waals surface area contributed by atoms with E-state index in [9.17, 15) is 19.8 Å². The lowest BCUT2D eigenvalue weighted by atomic mass is 9.80. The molecule has 1 saturated heterocycles. The van der Waals surface area contributed by atoms with Gasteiger partial charge in [0.15, 0.2) is 8.32 Å². The van der Waals surface area contributed by atoms with Gasteiger partial charge in [-0.1, -0.05) is 38.6 Å². The minimum atomic E-state index is -2.09. The van der Waals surface area contributed by atoms with Crippen LogP contribution in [0.5, 0.6) is 0 Å². The standard InChI is InChI=1S/C18H29NO5SSi/c1-8-9-18-13(11(2)24-26(6,7)17(3,4)5)15(21)19(18)14(16(22)23)12(10-20)25-18/h8,11,13,20H,1,9-10H2,2-7H3,(H,22,23)/t11-,13+,18-/m1/s1. The Kier molecular flexibility index (Phi) is 5.56. The van der Waals surface area contributed by atoms with E-state index in [1.165, 1.54) is 16.7 Å². The molecule has 2 rings (SSSR count). The molecule has 0 aromatic heterocycles. The van der Waals surface area contributed by atoms with E-state index in [4.69, 9.17) is 4.43 Å². The van der Waals surface area contributed by atoms with E-state index in [0.717, 1.165) is 0 Å². The van der Waals surface area contributed by atoms with Crippen molar-refractivity contribution in [1.29, 1.82) is 0 Å². The summed E-state index contributed by atoms with van der Waals surface area (Å²) in [5.74, 6) is -1.93. The molecule has 0 bridgehead atoms. The van der Waals surface area contributed by atoms with E-state index >= 15 is 0 Å². The summed E-state index contributed by atoms with van der Waals surface area (Å²) >= 11 is 1.26. The Balaban J connectivity index is 2.37. The second-order valence-electron chi connectivity index (χ2n) is 8.41. The first-order valence-electron chi connectivity index (χ1n) is 8.73. The highest BCUT2D eigenvalue weighted by molar-refractivity contribution is 8.04. The number of carboxylic acid groups (broad SMARTS) is 1. The van der Waals surface area contributed by atoms with Gasteiger partial charge in [0.05, 0.1) is 18.6 Å². The number of rotatable bonds is 7. The van der Waals surface area contributed by atoms with Crippen LogP contribution in [0.25, 0.3) is 0 Å². The SMILES string of the molecule is C=CC[C@]12SC(CO)=C(C(=O)O)N1C(=O)[C@@H]2[C@@H](C)O[Si](C)(C)C(C)(C)C. The molecule has 0 aliphatic carbocycles. The van der Waals surface area contributed by atoms with Gasteiger partial charge in [-0.2, -0.15) is 0 Å². The lowest BCUT2D eigenvalue weighted by Gasteiger charge is -2.56. The number of hydrogen-bond donors (Lipinski definition) is 2. The zero-order valence-corrected chi connectivity index (χ0v) is 18.1. The van der Waals surface area contributed by atoms with Crippen LogP contribution in [0.15, 0.2) is 23.3 Å². The number of nitrogens with zero attached hydrogens (tertiary/aromatic N) is 1. The highest BCUT2D eigenvalue weighted by Gasteiger charge is 2.68. The molecule has 0 aromatic carbocycles. The van der Waals surface area contributed by atoms with Crippen molar-refractivity contribution < 1.29 is 24.2 Å². The van der Waals surface area contributed by atoms with Crippen molar-refractivity contribution in [2.24, 2.45) is 5.92 Å². The average Bonchev–Trinajstić information content (AvgIpc) is 2.76. The van der Waals surface area contributed by atoms with E-state index < -0.39 is 31.7 Å². The van der Waals surface area contributed by atoms with Crippen LogP contribution in [-0.4, -0.2) is 52.9 Å². The first-order valence-corrected chi connectivity index (χ1v) is 12.5. The van der Waals surface area contributed by atoms with Crippen LogP contribution in [0.3, 0.4) is 0 Å². The smallest absolute Gasteiger partial charge is 0.353 e. The van der Waals surface area contributed by atoms with Crippen molar-refractivity contribution in [1.82, 2.24) is 4.90 Å². The number of β-lactam (4-membered cyclic amide) rings is 1. The van der Waals surface area contributed by atoms with Crippen molar-refractivity contribution in [3.05, 3.63) is 23.3 Å². The molecule has 6 nitrogen and oxygen atoms in total. The van der Waals surface area contributed by atoms with Crippen LogP contribution >= 0.6 is 11.8 Å². The summed E-state index contributed by atoms with van der Waals surface area (Å²) in [6.07, 6.45) is 1.78. The third-order valence-corrected chi connectivity index (χ3v) is 11.8. The fraction of sp³-hybridized carbons (Fsp3) is 0.667. The Hall–Kier alpha value is -1.09. The molecule has 1 fully saturated rings. The van der Waals surface area contributed by atoms with Gasteiger partial charge < -0.3 is 14.6 Å². The molecular formula is C18H29NO5SSi. The maximum Gasteiger partial charge on any atom is 0.353 e. The summed E-state index contributed by atoms with van der Waals surface area (Å²) in [7, 11) is -2.09. The minimum Gasteiger partial charge on any atom is -0.477 e. The monoisotopic (exact) mass is 399 g/mol. The van der Waals surface area contributed by atoms with E-state index in [2.05, 4.69) is 40.4 Å². The highest BCUT2D eigenvalue weighted by Crippen LogP contribution is 2.61. The molecule has 1 amide bonds. The summed E-state index contributed by atoms with van der Waals surface area (Å²) in [5.41, 5.74) is -0.111. The van der Waals surface area contributed by atoms with Crippen LogP contribution in [-0.2, 0) is 14.0 Å². The second-order valence-corrected chi connectivity index (χ2v) is 14.6. The molecule has 0 radical (unpaired) electrons. The minimum absolute atomic E-state index is 0.00287. The maximum atomic E-state index is 12.9. The van der Waals surface area contributed by atoms with Gasteiger partial charge >= 0.3 is 5.97 Å². The van der Waals surface area contributed by atoms with E-state index in [1.54, 1.807) is 6.08 Å². The number of aliphatic carboxylic acids is 1. The molecule has 3 atom stereocenters. The molecule has 0 unspecified atom stereocenters. The van der Waals surface area contributed by atoms with Crippen molar-refractivity contribution in [2.75, 3.05) is 6.61 Å². The molecule has 2 aliphatic heterocycles. The van der Waals surface area contributed by atoms with Crippen LogP contribution in [0.2, 0.25) is 18.1 Å². The first-order chi connectivity index (χ1) is 11.8. The lowest BCUT2D eigenvalue weighted by molar-refractivity contribution is -0.165. The summed E-state index contributed by atoms with van der Waals surface area (Å²) in [6.45, 7) is 15.9. The van der Waals surface area contributed by atoms with Gasteiger partial charge in [0.2, 0.25) is 5.91 Å². The Labute approximate surface area is 160 Å². The zero-order chi connectivity index (χ0) is 20.1. The van der Waals surface area contributed by atoms with Crippen molar-refractivity contribution >= 4 is 32.0 Å². The van der Waals surface area contributed by atoms with Gasteiger partial charge in [-0.3, -0.25) is 9.69 Å². The third kappa shape index (κ3) is 3.06. The van der Waals surface area contributed by atoms with E-state index in [1.807, 2.05) is 6.92 Å². The molecule has 146 valence electrons. The van der Waals surface area contributed by atoms with Crippen LogP contribution in [0, 0.1) is 5.92 Å². The van der Waals surface area contributed by atoms with Gasteiger partial charge in [-0.15, -0.1) is 6.58 Å². The Morgan fingerprint density at radius 1 is 1.50 bits per heavy atom. The summed E-state index contributed by atoms with van der Waals surface area (Å²) in [4.78, 5) is 25.4. The quantitative estimate of drug-likeness (QED) is 0.388. The molecule has 8 heteroatoms. The number of carbonyl (C=O) groups is 2. The first kappa shape index (κ1) is 21.2. The van der Waals surface area contributed by atoms with Crippen LogP contribution in [0.1, 0.15) is 34.1 Å². The molecule has 2 aliphatic rings. The second kappa shape index (κ2) is 6.81. The summed E-state index contributed by atoms with van der Waals surface area (Å²) in [5, 5.41) is 19.1. The number of aliphatic hydroxyl groups is 1. The largest absolute Gasteiger partial charge is 0.477 e. The molecular weight excluding hydrogens is 370 g/mol. The van der Waals surface area contributed by atoms with E-state index in [0.29, 0.717) is 11.3 Å². The zero-order valence-electron chi connectivity index (χ0n) is 16.3. The summed E-state index contributed by atoms with van der Waals surface area (Å²) < 4.78 is 6.44. The van der Waals surface area contributed by atoms with Gasteiger partial charge in [-0.05, 0) is 31.5 Å². The van der Waals surface area contributed by atoms with Crippen molar-refractivity contribution in [2.45, 2.75) is 63.2 Å². The number of fused-ring (bicyclic) bond motifs is 1. The number of carbonyl (C=O) groups excluding carboxylic acids is 1. The van der Waals surface area contributed by atoms with Gasteiger partial charge in [0.1, 0.15) is 10.6 Å². The topological polar surface area (TPSA) is 87.1 Å². The van der Waals surface area contributed by atoms with Gasteiger partial charge in [0, 0.05) is 4.91 Å². The van der Waals surface area contributed by atoms with Gasteiger partial charge in [-0.25, -0.2) is 4.79 Å². The molecule has 0 aromatic rings. The number of aliphatic hydroxyl groups excluding tert-OH is 1. The van der Waals surface area contributed by atoms with Crippen molar-refractivity contribution in [3.63, 3.8) is 0 Å². The van der Waals surface area contributed by atoms with E-state index in [-0.39, 0.29) is 22.7 Å². The molecule has 26 heavy (non-hydrogen) atoms. The predicted octanol–water partition coefficient (Wildman–Crippen LogP) is 3.16. The van der Waals surface area contributed by atoms with Crippen molar-refractivity contribution in [3.8, 4) is 0 Å². The fourth-order valence-corrected chi connectivity index (χ4v) is 6.53. The molecule has 0 spiro atoms. The molecule has 2 N–H and O–H groups in total. The molecule has 2 heterocycles. The molecule has 0 saturated carbocycles. The van der Waals surface area contributed by atoms with Gasteiger partial charge in [0.25, 0.3) is 0 Å². The normalized spacial score (nSPS) is 27.3. The average molecular weight is 400 g/mol.